The second kappa shape index (κ2) is 5.69. The van der Waals surface area contributed by atoms with E-state index in [2.05, 4.69) is 4.98 Å². The normalized spacial score (nSPS) is 16.6. The number of aromatic nitrogens is 1. The van der Waals surface area contributed by atoms with E-state index in [0.717, 1.165) is 25.0 Å². The summed E-state index contributed by atoms with van der Waals surface area (Å²) in [5.74, 6) is -0.481. The first kappa shape index (κ1) is 14.0. The molecule has 1 saturated carbocycles. The molecule has 1 aromatic rings. The molecule has 19 heavy (non-hydrogen) atoms. The third-order valence-corrected chi connectivity index (χ3v) is 4.52. The van der Waals surface area contributed by atoms with E-state index >= 15 is 0 Å². The number of amides is 1. The lowest BCUT2D eigenvalue weighted by Gasteiger charge is -2.40. The summed E-state index contributed by atoms with van der Waals surface area (Å²) in [5, 5.41) is 0. The molecule has 0 N–H and O–H groups in total. The number of carbonyl (C=O) groups is 2. The van der Waals surface area contributed by atoms with Crippen molar-refractivity contribution in [3.63, 3.8) is 0 Å². The zero-order valence-corrected chi connectivity index (χ0v) is 12.2. The van der Waals surface area contributed by atoms with Crippen LogP contribution in [0.15, 0.2) is 5.51 Å². The number of esters is 1. The molecule has 1 unspecified atom stereocenters. The van der Waals surface area contributed by atoms with E-state index in [1.54, 1.807) is 17.3 Å². The molecule has 1 heterocycles. The molecule has 0 saturated heterocycles. The van der Waals surface area contributed by atoms with E-state index in [4.69, 9.17) is 4.74 Å². The number of carbonyl (C=O) groups excluding carboxylic acids is 2. The van der Waals surface area contributed by atoms with Gasteiger partial charge in [-0.25, -0.2) is 9.78 Å². The highest BCUT2D eigenvalue weighted by atomic mass is 32.1. The Morgan fingerprint density at radius 1 is 1.53 bits per heavy atom. The molecule has 6 heteroatoms. The number of hydrogen-bond acceptors (Lipinski definition) is 5. The maximum absolute atomic E-state index is 12.6. The third kappa shape index (κ3) is 2.63. The molecule has 0 bridgehead atoms. The van der Waals surface area contributed by atoms with Crippen LogP contribution in [0.1, 0.15) is 41.6 Å². The molecule has 1 aliphatic rings. The molecule has 1 fully saturated rings. The lowest BCUT2D eigenvalue weighted by Crippen LogP contribution is -2.52. The van der Waals surface area contributed by atoms with Crippen molar-refractivity contribution in [2.24, 2.45) is 0 Å². The van der Waals surface area contributed by atoms with Crippen molar-refractivity contribution >= 4 is 23.2 Å². The van der Waals surface area contributed by atoms with Crippen molar-refractivity contribution < 1.29 is 14.3 Å². The Bertz CT molecular complexity index is 482. The van der Waals surface area contributed by atoms with Gasteiger partial charge >= 0.3 is 5.97 Å². The Balaban J connectivity index is 2.25. The minimum Gasteiger partial charge on any atom is -0.467 e. The largest absolute Gasteiger partial charge is 0.467 e. The van der Waals surface area contributed by atoms with Gasteiger partial charge in [-0.1, -0.05) is 0 Å². The van der Waals surface area contributed by atoms with Gasteiger partial charge in [-0.05, 0) is 33.1 Å². The number of nitrogens with zero attached hydrogens (tertiary/aromatic N) is 2. The van der Waals surface area contributed by atoms with Crippen molar-refractivity contribution in [2.45, 2.75) is 45.2 Å². The number of rotatable bonds is 4. The van der Waals surface area contributed by atoms with Crippen LogP contribution in [0, 0.1) is 6.92 Å². The van der Waals surface area contributed by atoms with Gasteiger partial charge in [0.1, 0.15) is 10.9 Å². The Morgan fingerprint density at radius 3 is 2.63 bits per heavy atom. The minimum absolute atomic E-state index is 0.109. The van der Waals surface area contributed by atoms with Gasteiger partial charge in [0.15, 0.2) is 0 Å². The molecule has 1 aromatic heterocycles. The van der Waals surface area contributed by atoms with Crippen LogP contribution in [-0.4, -0.2) is 41.0 Å². The van der Waals surface area contributed by atoms with E-state index in [9.17, 15) is 9.59 Å². The SMILES string of the molecule is COC(=O)C(C)N(C(=O)c1scnc1C)C1CCC1. The monoisotopic (exact) mass is 282 g/mol. The molecule has 0 radical (unpaired) electrons. The van der Waals surface area contributed by atoms with Gasteiger partial charge in [-0.2, -0.15) is 0 Å². The fraction of sp³-hybridized carbons (Fsp3) is 0.615. The van der Waals surface area contributed by atoms with Gasteiger partial charge < -0.3 is 9.64 Å². The summed E-state index contributed by atoms with van der Waals surface area (Å²) in [6.45, 7) is 3.53. The van der Waals surface area contributed by atoms with E-state index in [1.165, 1.54) is 18.4 Å². The molecule has 2 rings (SSSR count). The van der Waals surface area contributed by atoms with Gasteiger partial charge in [0.25, 0.3) is 5.91 Å². The van der Waals surface area contributed by atoms with Crippen LogP contribution in [0.2, 0.25) is 0 Å². The zero-order valence-electron chi connectivity index (χ0n) is 11.4. The van der Waals surface area contributed by atoms with E-state index in [-0.39, 0.29) is 17.9 Å². The molecule has 1 atom stereocenters. The first-order chi connectivity index (χ1) is 9.06. The van der Waals surface area contributed by atoms with Crippen molar-refractivity contribution in [3.8, 4) is 0 Å². The summed E-state index contributed by atoms with van der Waals surface area (Å²) < 4.78 is 4.76. The molecule has 1 amide bonds. The van der Waals surface area contributed by atoms with E-state index < -0.39 is 6.04 Å². The van der Waals surface area contributed by atoms with E-state index in [0.29, 0.717) is 4.88 Å². The van der Waals surface area contributed by atoms with Crippen molar-refractivity contribution in [2.75, 3.05) is 7.11 Å². The lowest BCUT2D eigenvalue weighted by molar-refractivity contribution is -0.146. The Morgan fingerprint density at radius 2 is 2.21 bits per heavy atom. The Labute approximate surface area is 116 Å². The number of aryl methyl sites for hydroxylation is 1. The average Bonchev–Trinajstić information content (AvgIpc) is 2.77. The number of ether oxygens (including phenoxy) is 1. The standard InChI is InChI=1S/C13H18N2O3S/c1-8-11(19-7-14-8)12(16)15(10-5-4-6-10)9(2)13(17)18-3/h7,9-10H,4-6H2,1-3H3. The predicted molar refractivity (Wildman–Crippen MR) is 72.1 cm³/mol. The molecule has 0 aliphatic heterocycles. The van der Waals surface area contributed by atoms with Crippen molar-refractivity contribution in [1.29, 1.82) is 0 Å². The molecule has 0 spiro atoms. The Kier molecular flexibility index (Phi) is 4.19. The van der Waals surface area contributed by atoms with Crippen LogP contribution in [0.4, 0.5) is 0 Å². The lowest BCUT2D eigenvalue weighted by atomic mass is 9.90. The average molecular weight is 282 g/mol. The van der Waals surface area contributed by atoms with Crippen LogP contribution in [0.25, 0.3) is 0 Å². The van der Waals surface area contributed by atoms with Gasteiger partial charge in [-0.15, -0.1) is 11.3 Å². The smallest absolute Gasteiger partial charge is 0.328 e. The van der Waals surface area contributed by atoms with Gasteiger partial charge in [0, 0.05) is 6.04 Å². The third-order valence-electron chi connectivity index (χ3n) is 3.60. The second-order valence-corrected chi connectivity index (χ2v) is 5.62. The molecule has 5 nitrogen and oxygen atoms in total. The molecule has 0 aromatic carbocycles. The van der Waals surface area contributed by atoms with Gasteiger partial charge in [0.2, 0.25) is 0 Å². The van der Waals surface area contributed by atoms with Crippen LogP contribution < -0.4 is 0 Å². The van der Waals surface area contributed by atoms with Crippen LogP contribution in [0.3, 0.4) is 0 Å². The fourth-order valence-corrected chi connectivity index (χ4v) is 2.98. The van der Waals surface area contributed by atoms with Gasteiger partial charge in [0.05, 0.1) is 18.3 Å². The minimum atomic E-state index is -0.552. The van der Waals surface area contributed by atoms with Crippen molar-refractivity contribution in [3.05, 3.63) is 16.1 Å². The molecular weight excluding hydrogens is 264 g/mol. The van der Waals surface area contributed by atoms with Crippen LogP contribution in [0.5, 0.6) is 0 Å². The molecule has 1 aliphatic carbocycles. The highest BCUT2D eigenvalue weighted by molar-refractivity contribution is 7.11. The van der Waals surface area contributed by atoms with Crippen LogP contribution in [-0.2, 0) is 9.53 Å². The number of methoxy groups -OCH3 is 1. The highest BCUT2D eigenvalue weighted by Gasteiger charge is 2.37. The zero-order chi connectivity index (χ0) is 14.0. The summed E-state index contributed by atoms with van der Waals surface area (Å²) in [6.07, 6.45) is 3.00. The van der Waals surface area contributed by atoms with Gasteiger partial charge in [-0.3, -0.25) is 4.79 Å². The summed E-state index contributed by atoms with van der Waals surface area (Å²) in [4.78, 5) is 30.7. The molecule has 104 valence electrons. The second-order valence-electron chi connectivity index (χ2n) is 4.76. The maximum atomic E-state index is 12.6. The number of hydrogen-bond donors (Lipinski definition) is 0. The summed E-state index contributed by atoms with van der Waals surface area (Å²) in [6, 6.07) is -0.410. The molecular formula is C13H18N2O3S. The maximum Gasteiger partial charge on any atom is 0.328 e. The first-order valence-electron chi connectivity index (χ1n) is 6.36. The van der Waals surface area contributed by atoms with E-state index in [1.807, 2.05) is 6.92 Å². The fourth-order valence-electron chi connectivity index (χ4n) is 2.23. The first-order valence-corrected chi connectivity index (χ1v) is 7.24. The number of thiazole rings is 1. The topological polar surface area (TPSA) is 59.5 Å². The summed E-state index contributed by atoms with van der Waals surface area (Å²) in [5.41, 5.74) is 2.38. The summed E-state index contributed by atoms with van der Waals surface area (Å²) >= 11 is 1.32. The highest BCUT2D eigenvalue weighted by Crippen LogP contribution is 2.29. The predicted octanol–water partition coefficient (Wildman–Crippen LogP) is 2.01. The quantitative estimate of drug-likeness (QED) is 0.793. The van der Waals surface area contributed by atoms with Crippen LogP contribution >= 0.6 is 11.3 Å². The Hall–Kier alpha value is -1.43. The summed E-state index contributed by atoms with van der Waals surface area (Å²) in [7, 11) is 1.35. The van der Waals surface area contributed by atoms with Crippen molar-refractivity contribution in [1.82, 2.24) is 9.88 Å².